The van der Waals surface area contributed by atoms with Crippen LogP contribution in [-0.4, -0.2) is 37.5 Å². The Labute approximate surface area is 112 Å². The van der Waals surface area contributed by atoms with E-state index in [-0.39, 0.29) is 5.91 Å². The van der Waals surface area contributed by atoms with E-state index in [4.69, 9.17) is 0 Å². The monoisotopic (exact) mass is 274 g/mol. The summed E-state index contributed by atoms with van der Waals surface area (Å²) < 4.78 is 1.47. The van der Waals surface area contributed by atoms with Gasteiger partial charge in [-0.25, -0.2) is 4.98 Å². The van der Waals surface area contributed by atoms with Crippen LogP contribution in [0.5, 0.6) is 0 Å². The van der Waals surface area contributed by atoms with Crippen molar-refractivity contribution in [3.63, 3.8) is 0 Å². The average molecular weight is 274 g/mol. The first-order valence-corrected chi connectivity index (χ1v) is 6.55. The fraction of sp³-hybridized carbons (Fsp3) is 0.182. The van der Waals surface area contributed by atoms with Gasteiger partial charge in [-0.3, -0.25) is 4.79 Å². The van der Waals surface area contributed by atoms with Crippen LogP contribution in [0.2, 0.25) is 0 Å². The SMILES string of the molecule is O=C(NCCc1nccs1)c1ccc2nnnn2c1. The molecule has 8 heteroatoms. The van der Waals surface area contributed by atoms with E-state index < -0.39 is 0 Å². The number of nitrogens with zero attached hydrogens (tertiary/aromatic N) is 5. The maximum atomic E-state index is 11.9. The molecule has 0 spiro atoms. The summed E-state index contributed by atoms with van der Waals surface area (Å²) in [7, 11) is 0. The van der Waals surface area contributed by atoms with Gasteiger partial charge < -0.3 is 5.32 Å². The molecule has 0 saturated carbocycles. The molecular weight excluding hydrogens is 264 g/mol. The van der Waals surface area contributed by atoms with Crippen molar-refractivity contribution in [1.82, 2.24) is 30.3 Å². The number of pyridine rings is 1. The molecule has 0 bridgehead atoms. The smallest absolute Gasteiger partial charge is 0.252 e. The summed E-state index contributed by atoms with van der Waals surface area (Å²) in [6, 6.07) is 3.40. The van der Waals surface area contributed by atoms with Crippen molar-refractivity contribution in [3.05, 3.63) is 40.5 Å². The normalized spacial score (nSPS) is 10.7. The second-order valence-corrected chi connectivity index (χ2v) is 4.81. The maximum Gasteiger partial charge on any atom is 0.252 e. The van der Waals surface area contributed by atoms with Gasteiger partial charge in [0.25, 0.3) is 5.91 Å². The Bertz CT molecular complexity index is 692. The van der Waals surface area contributed by atoms with Crippen LogP contribution in [0.3, 0.4) is 0 Å². The van der Waals surface area contributed by atoms with Crippen molar-refractivity contribution in [1.29, 1.82) is 0 Å². The number of amides is 1. The third-order valence-electron chi connectivity index (χ3n) is 2.56. The molecule has 3 rings (SSSR count). The van der Waals surface area contributed by atoms with Crippen LogP contribution >= 0.6 is 11.3 Å². The topological polar surface area (TPSA) is 85.1 Å². The number of nitrogens with one attached hydrogen (secondary N) is 1. The van der Waals surface area contributed by atoms with Crippen LogP contribution < -0.4 is 5.32 Å². The Balaban J connectivity index is 1.63. The maximum absolute atomic E-state index is 11.9. The molecule has 19 heavy (non-hydrogen) atoms. The lowest BCUT2D eigenvalue weighted by Gasteiger charge is -2.03. The van der Waals surface area contributed by atoms with E-state index in [1.807, 2.05) is 5.38 Å². The van der Waals surface area contributed by atoms with Gasteiger partial charge in [0.1, 0.15) is 0 Å². The highest BCUT2D eigenvalue weighted by Gasteiger charge is 2.07. The summed E-state index contributed by atoms with van der Waals surface area (Å²) in [6.07, 6.45) is 4.10. The second-order valence-electron chi connectivity index (χ2n) is 3.83. The molecule has 0 radical (unpaired) electrons. The van der Waals surface area contributed by atoms with Gasteiger partial charge in [0.15, 0.2) is 5.65 Å². The number of thiazole rings is 1. The molecule has 3 heterocycles. The molecule has 7 nitrogen and oxygen atoms in total. The molecule has 0 aliphatic heterocycles. The van der Waals surface area contributed by atoms with Crippen LogP contribution in [0, 0.1) is 0 Å². The predicted molar refractivity (Wildman–Crippen MR) is 68.9 cm³/mol. The summed E-state index contributed by atoms with van der Waals surface area (Å²) in [4.78, 5) is 16.1. The van der Waals surface area contributed by atoms with E-state index in [2.05, 4.69) is 25.8 Å². The molecular formula is C11H10N6OS. The van der Waals surface area contributed by atoms with Gasteiger partial charge in [-0.15, -0.1) is 16.4 Å². The molecule has 96 valence electrons. The molecule has 0 aliphatic rings. The zero-order valence-corrected chi connectivity index (χ0v) is 10.7. The molecule has 0 atom stereocenters. The van der Waals surface area contributed by atoms with Gasteiger partial charge >= 0.3 is 0 Å². The van der Waals surface area contributed by atoms with Crippen LogP contribution in [0.4, 0.5) is 0 Å². The number of hydrogen-bond acceptors (Lipinski definition) is 6. The first-order chi connectivity index (χ1) is 9.33. The van der Waals surface area contributed by atoms with Gasteiger partial charge in [-0.1, -0.05) is 0 Å². The first-order valence-electron chi connectivity index (χ1n) is 5.67. The first kappa shape index (κ1) is 11.7. The quantitative estimate of drug-likeness (QED) is 0.751. The minimum atomic E-state index is -0.144. The van der Waals surface area contributed by atoms with Gasteiger partial charge in [-0.2, -0.15) is 4.52 Å². The Morgan fingerprint density at radius 1 is 1.42 bits per heavy atom. The molecule has 3 aromatic rings. The molecule has 1 amide bonds. The van der Waals surface area contributed by atoms with Gasteiger partial charge in [-0.05, 0) is 22.6 Å². The molecule has 1 N–H and O–H groups in total. The fourth-order valence-corrected chi connectivity index (χ4v) is 2.26. The van der Waals surface area contributed by atoms with E-state index in [1.165, 1.54) is 4.52 Å². The lowest BCUT2D eigenvalue weighted by atomic mass is 10.2. The largest absolute Gasteiger partial charge is 0.352 e. The van der Waals surface area contributed by atoms with Crippen LogP contribution in [0.25, 0.3) is 5.65 Å². The van der Waals surface area contributed by atoms with Gasteiger partial charge in [0, 0.05) is 30.7 Å². The zero-order chi connectivity index (χ0) is 13.1. The van der Waals surface area contributed by atoms with Crippen LogP contribution in [0.15, 0.2) is 29.9 Å². The summed E-state index contributed by atoms with van der Waals surface area (Å²) in [5.74, 6) is -0.144. The molecule has 0 saturated heterocycles. The summed E-state index contributed by atoms with van der Waals surface area (Å²) in [5.41, 5.74) is 1.14. The van der Waals surface area contributed by atoms with Crippen LogP contribution in [-0.2, 0) is 6.42 Å². The number of rotatable bonds is 4. The number of hydrogen-bond donors (Lipinski definition) is 1. The zero-order valence-electron chi connectivity index (χ0n) is 9.85. The summed E-state index contributed by atoms with van der Waals surface area (Å²) >= 11 is 1.58. The lowest BCUT2D eigenvalue weighted by Crippen LogP contribution is -2.25. The van der Waals surface area contributed by atoms with Crippen LogP contribution in [0.1, 0.15) is 15.4 Å². The minimum Gasteiger partial charge on any atom is -0.352 e. The third kappa shape index (κ3) is 2.58. The molecule has 0 aromatic carbocycles. The standard InChI is InChI=1S/C11H10N6OS/c18-11(13-4-3-10-12-5-6-19-10)8-1-2-9-14-15-16-17(9)7-8/h1-2,5-7H,3-4H2,(H,13,18). The predicted octanol–water partition coefficient (Wildman–Crippen LogP) is 0.553. The van der Waals surface area contributed by atoms with Crippen molar-refractivity contribution >= 4 is 22.9 Å². The number of aromatic nitrogens is 5. The van der Waals surface area contributed by atoms with Crippen molar-refractivity contribution in [2.75, 3.05) is 6.54 Å². The highest BCUT2D eigenvalue weighted by Crippen LogP contribution is 2.05. The van der Waals surface area contributed by atoms with E-state index >= 15 is 0 Å². The van der Waals surface area contributed by atoms with E-state index in [1.54, 1.807) is 35.9 Å². The number of carbonyl (C=O) groups excluding carboxylic acids is 1. The van der Waals surface area contributed by atoms with E-state index in [0.717, 1.165) is 11.4 Å². The average Bonchev–Trinajstić information content (AvgIpc) is 3.08. The highest BCUT2D eigenvalue weighted by atomic mass is 32.1. The van der Waals surface area contributed by atoms with E-state index in [9.17, 15) is 4.79 Å². The minimum absolute atomic E-state index is 0.144. The molecule has 3 aromatic heterocycles. The Kier molecular flexibility index (Phi) is 3.15. The Hall–Kier alpha value is -2.35. The molecule has 0 aliphatic carbocycles. The number of carbonyl (C=O) groups is 1. The van der Waals surface area contributed by atoms with Crippen molar-refractivity contribution in [2.45, 2.75) is 6.42 Å². The summed E-state index contributed by atoms with van der Waals surface area (Å²) in [6.45, 7) is 0.556. The Morgan fingerprint density at radius 3 is 3.21 bits per heavy atom. The number of tetrazole rings is 1. The summed E-state index contributed by atoms with van der Waals surface area (Å²) in [5, 5.41) is 16.8. The van der Waals surface area contributed by atoms with Crippen molar-refractivity contribution in [2.24, 2.45) is 0 Å². The Morgan fingerprint density at radius 2 is 2.37 bits per heavy atom. The van der Waals surface area contributed by atoms with Gasteiger partial charge in [0.2, 0.25) is 0 Å². The third-order valence-corrected chi connectivity index (χ3v) is 3.40. The lowest BCUT2D eigenvalue weighted by molar-refractivity contribution is 0.0953. The highest BCUT2D eigenvalue weighted by molar-refractivity contribution is 7.09. The fourth-order valence-electron chi connectivity index (χ4n) is 1.64. The molecule has 0 fully saturated rings. The van der Waals surface area contributed by atoms with Crippen molar-refractivity contribution < 1.29 is 4.79 Å². The second kappa shape index (κ2) is 5.11. The van der Waals surface area contributed by atoms with Gasteiger partial charge in [0.05, 0.1) is 10.6 Å². The molecule has 0 unspecified atom stereocenters. The van der Waals surface area contributed by atoms with E-state index in [0.29, 0.717) is 17.8 Å². The van der Waals surface area contributed by atoms with Crippen molar-refractivity contribution in [3.8, 4) is 0 Å². The number of fused-ring (bicyclic) bond motifs is 1.